The minimum Gasteiger partial charge on any atom is -0.409 e. The van der Waals surface area contributed by atoms with Crippen LogP contribution in [0.5, 0.6) is 5.75 Å². The Morgan fingerprint density at radius 3 is 3.05 bits per heavy atom. The lowest BCUT2D eigenvalue weighted by Crippen LogP contribution is -2.40. The molecule has 2 aromatic rings. The highest BCUT2D eigenvalue weighted by atomic mass is 16.6. The SMILES string of the molecule is N#CN1CCCN1C(=O)Oc1ccc2ccncc2c1. The molecule has 2 heterocycles. The van der Waals surface area contributed by atoms with E-state index in [1.807, 2.05) is 18.3 Å². The number of carbonyl (C=O) groups excluding carboxylic acids is 1. The van der Waals surface area contributed by atoms with E-state index in [4.69, 9.17) is 10.00 Å². The van der Waals surface area contributed by atoms with E-state index in [0.29, 0.717) is 18.8 Å². The number of fused-ring (bicyclic) bond motifs is 1. The fourth-order valence-corrected chi connectivity index (χ4v) is 2.19. The molecule has 1 aliphatic rings. The highest BCUT2D eigenvalue weighted by molar-refractivity contribution is 5.83. The number of pyridine rings is 1. The van der Waals surface area contributed by atoms with Crippen molar-refractivity contribution in [3.05, 3.63) is 36.7 Å². The molecule has 1 fully saturated rings. The lowest BCUT2D eigenvalue weighted by Gasteiger charge is -2.21. The van der Waals surface area contributed by atoms with Crippen LogP contribution in [0.15, 0.2) is 36.7 Å². The van der Waals surface area contributed by atoms with Crippen LogP contribution in [0, 0.1) is 11.5 Å². The Kier molecular flexibility index (Phi) is 3.09. The van der Waals surface area contributed by atoms with Crippen molar-refractivity contribution in [3.8, 4) is 11.9 Å². The molecular weight excluding hydrogens is 256 g/mol. The van der Waals surface area contributed by atoms with Crippen molar-refractivity contribution in [1.29, 1.82) is 5.26 Å². The predicted octanol–water partition coefficient (Wildman–Crippen LogP) is 2.14. The average molecular weight is 268 g/mol. The number of amides is 1. The van der Waals surface area contributed by atoms with Crippen LogP contribution in [-0.4, -0.2) is 34.2 Å². The number of carbonyl (C=O) groups is 1. The summed E-state index contributed by atoms with van der Waals surface area (Å²) in [5, 5.41) is 13.5. The lowest BCUT2D eigenvalue weighted by atomic mass is 10.2. The minimum absolute atomic E-state index is 0.445. The zero-order valence-corrected chi connectivity index (χ0v) is 10.7. The third-order valence-electron chi connectivity index (χ3n) is 3.17. The molecule has 3 rings (SSSR count). The van der Waals surface area contributed by atoms with Crippen LogP contribution < -0.4 is 4.74 Å². The highest BCUT2D eigenvalue weighted by Crippen LogP contribution is 2.21. The first-order chi connectivity index (χ1) is 9.78. The second-order valence-corrected chi connectivity index (χ2v) is 4.45. The summed E-state index contributed by atoms with van der Waals surface area (Å²) >= 11 is 0. The summed E-state index contributed by atoms with van der Waals surface area (Å²) in [5.74, 6) is 0.445. The Labute approximate surface area is 115 Å². The lowest BCUT2D eigenvalue weighted by molar-refractivity contribution is 0.0802. The summed E-state index contributed by atoms with van der Waals surface area (Å²) in [5.41, 5.74) is 0. The molecule has 0 radical (unpaired) electrons. The third kappa shape index (κ3) is 2.21. The van der Waals surface area contributed by atoms with Crippen molar-refractivity contribution in [2.75, 3.05) is 13.1 Å². The highest BCUT2D eigenvalue weighted by Gasteiger charge is 2.27. The molecule has 0 saturated carbocycles. The van der Waals surface area contributed by atoms with Gasteiger partial charge in [0.05, 0.1) is 6.54 Å². The van der Waals surface area contributed by atoms with Gasteiger partial charge in [0.15, 0.2) is 6.19 Å². The number of hydrazine groups is 1. The second kappa shape index (κ2) is 5.05. The molecule has 1 saturated heterocycles. The molecule has 1 aliphatic heterocycles. The van der Waals surface area contributed by atoms with E-state index >= 15 is 0 Å². The summed E-state index contributed by atoms with van der Waals surface area (Å²) < 4.78 is 5.30. The molecule has 1 amide bonds. The van der Waals surface area contributed by atoms with Gasteiger partial charge in [0.2, 0.25) is 0 Å². The maximum Gasteiger partial charge on any atom is 0.434 e. The summed E-state index contributed by atoms with van der Waals surface area (Å²) in [7, 11) is 0. The molecule has 1 aromatic carbocycles. The number of hydrogen-bond donors (Lipinski definition) is 0. The van der Waals surface area contributed by atoms with Gasteiger partial charge in [-0.05, 0) is 30.0 Å². The van der Waals surface area contributed by atoms with Crippen molar-refractivity contribution < 1.29 is 9.53 Å². The summed E-state index contributed by atoms with van der Waals surface area (Å²) in [6, 6.07) is 7.24. The number of hydrogen-bond acceptors (Lipinski definition) is 5. The summed E-state index contributed by atoms with van der Waals surface area (Å²) in [4.78, 5) is 16.0. The normalized spacial score (nSPS) is 14.3. The maximum atomic E-state index is 12.0. The molecule has 0 bridgehead atoms. The van der Waals surface area contributed by atoms with Crippen LogP contribution >= 0.6 is 0 Å². The van der Waals surface area contributed by atoms with Gasteiger partial charge >= 0.3 is 6.09 Å². The zero-order chi connectivity index (χ0) is 13.9. The van der Waals surface area contributed by atoms with Gasteiger partial charge in [-0.2, -0.15) is 5.26 Å². The van der Waals surface area contributed by atoms with E-state index in [1.165, 1.54) is 10.0 Å². The Balaban J connectivity index is 1.79. The van der Waals surface area contributed by atoms with Crippen molar-refractivity contribution >= 4 is 16.9 Å². The van der Waals surface area contributed by atoms with Crippen LogP contribution in [0.3, 0.4) is 0 Å². The van der Waals surface area contributed by atoms with Crippen molar-refractivity contribution in [2.45, 2.75) is 6.42 Å². The molecule has 20 heavy (non-hydrogen) atoms. The Hall–Kier alpha value is -2.81. The molecule has 6 nitrogen and oxygen atoms in total. The van der Waals surface area contributed by atoms with E-state index in [9.17, 15) is 4.79 Å². The first-order valence-electron chi connectivity index (χ1n) is 6.28. The van der Waals surface area contributed by atoms with Crippen molar-refractivity contribution in [1.82, 2.24) is 15.0 Å². The van der Waals surface area contributed by atoms with Gasteiger partial charge in [-0.25, -0.2) is 14.8 Å². The van der Waals surface area contributed by atoms with E-state index in [1.54, 1.807) is 24.5 Å². The van der Waals surface area contributed by atoms with Gasteiger partial charge < -0.3 is 4.74 Å². The smallest absolute Gasteiger partial charge is 0.409 e. The summed E-state index contributed by atoms with van der Waals surface area (Å²) in [6.45, 7) is 1.05. The number of nitrogens with zero attached hydrogens (tertiary/aromatic N) is 4. The molecule has 0 N–H and O–H groups in total. The number of nitriles is 1. The molecule has 0 aliphatic carbocycles. The predicted molar refractivity (Wildman–Crippen MR) is 71.4 cm³/mol. The number of ether oxygens (including phenoxy) is 1. The summed E-state index contributed by atoms with van der Waals surface area (Å²) in [6.07, 6.45) is 5.62. The van der Waals surface area contributed by atoms with E-state index in [0.717, 1.165) is 17.2 Å². The van der Waals surface area contributed by atoms with E-state index < -0.39 is 6.09 Å². The van der Waals surface area contributed by atoms with Crippen molar-refractivity contribution in [2.24, 2.45) is 0 Å². The number of aromatic nitrogens is 1. The molecule has 0 spiro atoms. The largest absolute Gasteiger partial charge is 0.434 e. The van der Waals surface area contributed by atoms with Gasteiger partial charge in [0.25, 0.3) is 0 Å². The molecule has 1 aromatic heterocycles. The average Bonchev–Trinajstić information content (AvgIpc) is 2.95. The molecule has 6 heteroatoms. The van der Waals surface area contributed by atoms with Crippen LogP contribution in [0.2, 0.25) is 0 Å². The Morgan fingerprint density at radius 1 is 1.30 bits per heavy atom. The maximum absolute atomic E-state index is 12.0. The number of rotatable bonds is 1. The van der Waals surface area contributed by atoms with Crippen molar-refractivity contribution in [3.63, 3.8) is 0 Å². The van der Waals surface area contributed by atoms with Crippen LogP contribution in [0.1, 0.15) is 6.42 Å². The molecule has 100 valence electrons. The van der Waals surface area contributed by atoms with Crippen LogP contribution in [0.4, 0.5) is 4.79 Å². The van der Waals surface area contributed by atoms with E-state index in [2.05, 4.69) is 4.98 Å². The zero-order valence-electron chi connectivity index (χ0n) is 10.7. The van der Waals surface area contributed by atoms with Gasteiger partial charge in [0, 0.05) is 24.3 Å². The Morgan fingerprint density at radius 2 is 2.20 bits per heavy atom. The Bertz CT molecular complexity index is 695. The monoisotopic (exact) mass is 268 g/mol. The van der Waals surface area contributed by atoms with Gasteiger partial charge in [-0.1, -0.05) is 6.07 Å². The standard InChI is InChI=1S/C14H12N4O2/c15-10-17-6-1-7-18(17)14(19)20-13-3-2-11-4-5-16-9-12(11)8-13/h2-5,8-9H,1,6-7H2. The molecule has 0 unspecified atom stereocenters. The fourth-order valence-electron chi connectivity index (χ4n) is 2.19. The topological polar surface area (TPSA) is 69.5 Å². The fraction of sp³-hybridized carbons (Fsp3) is 0.214. The van der Waals surface area contributed by atoms with Gasteiger partial charge in [-0.15, -0.1) is 0 Å². The quantitative estimate of drug-likeness (QED) is 0.741. The molecule has 0 atom stereocenters. The van der Waals surface area contributed by atoms with E-state index in [-0.39, 0.29) is 0 Å². The second-order valence-electron chi connectivity index (χ2n) is 4.45. The van der Waals surface area contributed by atoms with Crippen LogP contribution in [-0.2, 0) is 0 Å². The van der Waals surface area contributed by atoms with Crippen LogP contribution in [0.25, 0.3) is 10.8 Å². The first kappa shape index (κ1) is 12.2. The molecular formula is C14H12N4O2. The minimum atomic E-state index is -0.535. The van der Waals surface area contributed by atoms with Gasteiger partial charge in [0.1, 0.15) is 5.75 Å². The number of benzene rings is 1. The van der Waals surface area contributed by atoms with Gasteiger partial charge in [-0.3, -0.25) is 4.98 Å². The first-order valence-corrected chi connectivity index (χ1v) is 6.28. The third-order valence-corrected chi connectivity index (χ3v) is 3.17.